The third-order valence-corrected chi connectivity index (χ3v) is 5.36. The maximum Gasteiger partial charge on any atom is 0.211 e. The van der Waals surface area contributed by atoms with Gasteiger partial charge in [-0.15, -0.1) is 0 Å². The third kappa shape index (κ3) is 4.42. The predicted molar refractivity (Wildman–Crippen MR) is 85.4 cm³/mol. The highest BCUT2D eigenvalue weighted by atomic mass is 32.2. The van der Waals surface area contributed by atoms with Crippen LogP contribution in [0, 0.1) is 0 Å². The van der Waals surface area contributed by atoms with E-state index in [0.717, 1.165) is 11.3 Å². The number of aliphatic hydroxyl groups excluding tert-OH is 1. The first-order valence-electron chi connectivity index (χ1n) is 7.48. The van der Waals surface area contributed by atoms with Gasteiger partial charge in [-0.25, -0.2) is 13.1 Å². The monoisotopic (exact) mass is 328 g/mol. The number of hydrogen-bond acceptors (Lipinski definition) is 5. The zero-order valence-electron chi connectivity index (χ0n) is 13.0. The highest BCUT2D eigenvalue weighted by molar-refractivity contribution is 7.89. The number of nitrogens with zero attached hydrogens (tertiary/aromatic N) is 1. The van der Waals surface area contributed by atoms with Crippen molar-refractivity contribution >= 4 is 10.0 Å². The molecule has 2 N–H and O–H groups in total. The number of nitrogens with one attached hydrogen (secondary N) is 1. The number of rotatable bonds is 7. The third-order valence-electron chi connectivity index (χ3n) is 3.96. The van der Waals surface area contributed by atoms with Crippen LogP contribution in [-0.2, 0) is 10.0 Å². The van der Waals surface area contributed by atoms with Gasteiger partial charge in [0.05, 0.1) is 19.0 Å². The van der Waals surface area contributed by atoms with E-state index in [0.29, 0.717) is 26.1 Å². The maximum atomic E-state index is 11.5. The van der Waals surface area contributed by atoms with Crippen LogP contribution < -0.4 is 9.46 Å². The molecule has 1 aromatic carbocycles. The van der Waals surface area contributed by atoms with Crippen molar-refractivity contribution in [1.82, 2.24) is 9.62 Å². The Labute approximate surface area is 132 Å². The van der Waals surface area contributed by atoms with E-state index in [1.54, 1.807) is 14.0 Å². The summed E-state index contributed by atoms with van der Waals surface area (Å²) < 4.78 is 30.8. The summed E-state index contributed by atoms with van der Waals surface area (Å²) in [7, 11) is -1.55. The summed E-state index contributed by atoms with van der Waals surface area (Å²) in [5.41, 5.74) is 1.08. The Morgan fingerprint density at radius 2 is 2.23 bits per heavy atom. The zero-order valence-corrected chi connectivity index (χ0v) is 13.8. The Morgan fingerprint density at radius 1 is 1.45 bits per heavy atom. The van der Waals surface area contributed by atoms with E-state index in [1.807, 2.05) is 24.3 Å². The smallest absolute Gasteiger partial charge is 0.211 e. The molecule has 1 aliphatic rings. The molecule has 2 rings (SSSR count). The number of β-amino-alcohol motifs (C(OH)–C–C–N with tert-alkyl or cyclic N) is 1. The van der Waals surface area contributed by atoms with Gasteiger partial charge in [0, 0.05) is 25.7 Å². The fourth-order valence-electron chi connectivity index (χ4n) is 2.77. The van der Waals surface area contributed by atoms with Crippen LogP contribution in [0.4, 0.5) is 0 Å². The van der Waals surface area contributed by atoms with Gasteiger partial charge in [0.1, 0.15) is 5.75 Å². The average Bonchev–Trinajstić information content (AvgIpc) is 2.88. The molecule has 0 amide bonds. The number of likely N-dealkylation sites (tertiary alicyclic amines) is 1. The van der Waals surface area contributed by atoms with Crippen LogP contribution in [0.3, 0.4) is 0 Å². The van der Waals surface area contributed by atoms with Crippen molar-refractivity contribution in [3.63, 3.8) is 0 Å². The van der Waals surface area contributed by atoms with Crippen molar-refractivity contribution in [2.75, 3.05) is 32.5 Å². The lowest BCUT2D eigenvalue weighted by Crippen LogP contribution is -2.36. The Morgan fingerprint density at radius 3 is 2.91 bits per heavy atom. The van der Waals surface area contributed by atoms with E-state index < -0.39 is 10.0 Å². The quantitative estimate of drug-likeness (QED) is 0.772. The maximum absolute atomic E-state index is 11.5. The van der Waals surface area contributed by atoms with Crippen LogP contribution in [0.15, 0.2) is 24.3 Å². The number of benzene rings is 1. The highest BCUT2D eigenvalue weighted by Gasteiger charge is 2.31. The fourth-order valence-corrected chi connectivity index (χ4v) is 3.38. The van der Waals surface area contributed by atoms with Crippen molar-refractivity contribution in [2.45, 2.75) is 25.5 Å². The van der Waals surface area contributed by atoms with Gasteiger partial charge < -0.3 is 9.84 Å². The molecule has 22 heavy (non-hydrogen) atoms. The molecule has 0 radical (unpaired) electrons. The first-order chi connectivity index (χ1) is 10.4. The van der Waals surface area contributed by atoms with E-state index in [4.69, 9.17) is 4.74 Å². The summed E-state index contributed by atoms with van der Waals surface area (Å²) >= 11 is 0. The van der Waals surface area contributed by atoms with Gasteiger partial charge in [0.25, 0.3) is 0 Å². The topological polar surface area (TPSA) is 78.9 Å². The molecule has 1 saturated heterocycles. The molecular formula is C15H24N2O4S. The second-order valence-corrected chi connectivity index (χ2v) is 7.57. The lowest BCUT2D eigenvalue weighted by Gasteiger charge is -2.24. The SMILES string of the molecule is CCS(=O)(=O)NCCN1C[C@H](O)C[C@@H]1c1cccc(OC)c1. The summed E-state index contributed by atoms with van der Waals surface area (Å²) in [6, 6.07) is 7.86. The molecule has 6 nitrogen and oxygen atoms in total. The zero-order chi connectivity index (χ0) is 16.2. The normalized spacial score (nSPS) is 22.9. The molecule has 0 bridgehead atoms. The fraction of sp³-hybridized carbons (Fsp3) is 0.600. The molecule has 1 aliphatic heterocycles. The highest BCUT2D eigenvalue weighted by Crippen LogP contribution is 2.33. The van der Waals surface area contributed by atoms with Crippen molar-refractivity contribution in [1.29, 1.82) is 0 Å². The van der Waals surface area contributed by atoms with Gasteiger partial charge in [-0.2, -0.15) is 0 Å². The molecule has 0 aliphatic carbocycles. The predicted octanol–water partition coefficient (Wildman–Crippen LogP) is 0.742. The van der Waals surface area contributed by atoms with E-state index in [9.17, 15) is 13.5 Å². The molecule has 0 spiro atoms. The van der Waals surface area contributed by atoms with Crippen LogP contribution in [0.25, 0.3) is 0 Å². The van der Waals surface area contributed by atoms with Crippen molar-refractivity contribution in [2.24, 2.45) is 0 Å². The number of hydrogen-bond donors (Lipinski definition) is 2. The lowest BCUT2D eigenvalue weighted by atomic mass is 10.0. The minimum absolute atomic E-state index is 0.0783. The summed E-state index contributed by atoms with van der Waals surface area (Å²) in [6.07, 6.45) is 0.257. The van der Waals surface area contributed by atoms with Gasteiger partial charge in [-0.05, 0) is 31.0 Å². The van der Waals surface area contributed by atoms with Crippen molar-refractivity contribution in [3.05, 3.63) is 29.8 Å². The lowest BCUT2D eigenvalue weighted by molar-refractivity contribution is 0.176. The minimum Gasteiger partial charge on any atom is -0.497 e. The van der Waals surface area contributed by atoms with Crippen LogP contribution in [0.1, 0.15) is 24.9 Å². The van der Waals surface area contributed by atoms with Crippen molar-refractivity contribution < 1.29 is 18.3 Å². The number of aliphatic hydroxyl groups is 1. The number of ether oxygens (including phenoxy) is 1. The summed E-state index contributed by atoms with van der Waals surface area (Å²) in [5, 5.41) is 9.95. The molecule has 1 aromatic rings. The summed E-state index contributed by atoms with van der Waals surface area (Å²) in [6.45, 7) is 3.08. The van der Waals surface area contributed by atoms with E-state index in [1.165, 1.54) is 0 Å². The molecule has 1 fully saturated rings. The summed E-state index contributed by atoms with van der Waals surface area (Å²) in [5.74, 6) is 0.861. The van der Waals surface area contributed by atoms with E-state index in [2.05, 4.69) is 9.62 Å². The second-order valence-electron chi connectivity index (χ2n) is 5.47. The molecule has 0 aromatic heterocycles. The van der Waals surface area contributed by atoms with Crippen LogP contribution in [-0.4, -0.2) is 57.0 Å². The molecule has 0 unspecified atom stereocenters. The molecule has 0 saturated carbocycles. The van der Waals surface area contributed by atoms with Gasteiger partial charge in [0.15, 0.2) is 0 Å². The molecule has 2 atom stereocenters. The first-order valence-corrected chi connectivity index (χ1v) is 9.14. The first kappa shape index (κ1) is 17.2. The second kappa shape index (κ2) is 7.41. The molecule has 124 valence electrons. The Balaban J connectivity index is 2.03. The van der Waals surface area contributed by atoms with Gasteiger partial charge in [-0.3, -0.25) is 4.90 Å². The molecule has 7 heteroatoms. The van der Waals surface area contributed by atoms with E-state index >= 15 is 0 Å². The van der Waals surface area contributed by atoms with E-state index in [-0.39, 0.29) is 17.9 Å². The molecule has 1 heterocycles. The number of methoxy groups -OCH3 is 1. The Kier molecular flexibility index (Phi) is 5.80. The summed E-state index contributed by atoms with van der Waals surface area (Å²) in [4.78, 5) is 2.11. The standard InChI is InChI=1S/C15H24N2O4S/c1-3-22(19,20)16-7-8-17-11-13(18)10-15(17)12-5-4-6-14(9-12)21-2/h4-6,9,13,15-16,18H,3,7-8,10-11H2,1-2H3/t13-,15-/m1/s1. The minimum atomic E-state index is -3.18. The number of sulfonamides is 1. The van der Waals surface area contributed by atoms with Crippen LogP contribution in [0.5, 0.6) is 5.75 Å². The van der Waals surface area contributed by atoms with Crippen LogP contribution in [0.2, 0.25) is 0 Å². The van der Waals surface area contributed by atoms with Crippen LogP contribution >= 0.6 is 0 Å². The Bertz CT molecular complexity index is 591. The molecular weight excluding hydrogens is 304 g/mol. The average molecular weight is 328 g/mol. The van der Waals surface area contributed by atoms with Gasteiger partial charge >= 0.3 is 0 Å². The Hall–Kier alpha value is -1.15. The van der Waals surface area contributed by atoms with Crippen molar-refractivity contribution in [3.8, 4) is 5.75 Å². The largest absolute Gasteiger partial charge is 0.497 e. The van der Waals surface area contributed by atoms with Gasteiger partial charge in [-0.1, -0.05) is 12.1 Å². The van der Waals surface area contributed by atoms with Gasteiger partial charge in [0.2, 0.25) is 10.0 Å².